The van der Waals surface area contributed by atoms with Gasteiger partial charge in [-0.3, -0.25) is 0 Å². The van der Waals surface area contributed by atoms with Gasteiger partial charge in [0.15, 0.2) is 0 Å². The molecule has 0 rings (SSSR count). The molecule has 0 spiro atoms. The van der Waals surface area contributed by atoms with Crippen LogP contribution in [0.15, 0.2) is 0 Å². The molecule has 0 aromatic heterocycles. The number of alkyl halides is 2. The molecule has 2 unspecified atom stereocenters. The third-order valence-electron chi connectivity index (χ3n) is 1.86. The summed E-state index contributed by atoms with van der Waals surface area (Å²) in [7, 11) is 0. The van der Waals surface area contributed by atoms with Crippen molar-refractivity contribution in [2.45, 2.75) is 37.5 Å². The number of rotatable bonds is 5. The minimum absolute atomic E-state index is 0.290. The van der Waals surface area contributed by atoms with Gasteiger partial charge in [-0.1, -0.05) is 0 Å². The Kier molecular flexibility index (Phi) is 6.85. The molecule has 0 saturated carbocycles. The Labute approximate surface area is 75.0 Å². The first-order valence-electron chi connectivity index (χ1n) is 4.00. The van der Waals surface area contributed by atoms with Crippen molar-refractivity contribution < 1.29 is 21.2 Å². The zero-order chi connectivity index (χ0) is 7.98. The first-order chi connectivity index (χ1) is 4.72. The Morgan fingerprint density at radius 2 is 2.00 bits per heavy atom. The maximum absolute atomic E-state index is 5.51. The molecule has 0 fully saturated rings. The minimum atomic E-state index is 0.290. The summed E-state index contributed by atoms with van der Waals surface area (Å²) in [4.78, 5) is 0. The molecular formula is C8H19IN-. The van der Waals surface area contributed by atoms with E-state index in [9.17, 15) is 0 Å². The van der Waals surface area contributed by atoms with Crippen LogP contribution in [0, 0.1) is 5.92 Å². The predicted octanol–water partition coefficient (Wildman–Crippen LogP) is -1.18. The summed E-state index contributed by atoms with van der Waals surface area (Å²) in [6, 6.07) is 0. The van der Waals surface area contributed by atoms with Gasteiger partial charge in [-0.05, 0) is 0 Å². The number of hydrogen-bond donors (Lipinski definition) is 1. The van der Waals surface area contributed by atoms with Crippen LogP contribution in [0.3, 0.4) is 0 Å². The Morgan fingerprint density at radius 3 is 2.40 bits per heavy atom. The first kappa shape index (κ1) is 10.7. The van der Waals surface area contributed by atoms with Gasteiger partial charge in [-0.2, -0.15) is 0 Å². The van der Waals surface area contributed by atoms with Gasteiger partial charge in [0.1, 0.15) is 0 Å². The summed E-state index contributed by atoms with van der Waals surface area (Å²) >= 11 is 0.290. The van der Waals surface area contributed by atoms with Crippen molar-refractivity contribution in [1.82, 2.24) is 0 Å². The van der Waals surface area contributed by atoms with Crippen molar-refractivity contribution in [3.8, 4) is 0 Å². The molecular weight excluding hydrogens is 237 g/mol. The summed E-state index contributed by atoms with van der Waals surface area (Å²) in [6.45, 7) is 6.95. The quantitative estimate of drug-likeness (QED) is 0.374. The second-order valence-electron chi connectivity index (χ2n) is 2.75. The molecule has 0 aromatic carbocycles. The maximum atomic E-state index is 5.51. The van der Waals surface area contributed by atoms with Gasteiger partial charge in [0.05, 0.1) is 0 Å². The number of nitrogens with two attached hydrogens (primary N) is 1. The van der Waals surface area contributed by atoms with Crippen LogP contribution in [0.25, 0.3) is 0 Å². The van der Waals surface area contributed by atoms with E-state index < -0.39 is 0 Å². The van der Waals surface area contributed by atoms with Crippen LogP contribution in [0.1, 0.15) is 33.6 Å². The van der Waals surface area contributed by atoms with Crippen LogP contribution in [0.2, 0.25) is 0 Å². The van der Waals surface area contributed by atoms with E-state index in [4.69, 9.17) is 5.73 Å². The van der Waals surface area contributed by atoms with Gasteiger partial charge in [0.2, 0.25) is 0 Å². The monoisotopic (exact) mass is 256 g/mol. The zero-order valence-electron chi connectivity index (χ0n) is 7.23. The van der Waals surface area contributed by atoms with E-state index in [1.54, 1.807) is 0 Å². The van der Waals surface area contributed by atoms with Crippen LogP contribution < -0.4 is 26.9 Å². The van der Waals surface area contributed by atoms with Crippen LogP contribution in [0.4, 0.5) is 0 Å². The van der Waals surface area contributed by atoms with Gasteiger partial charge in [-0.25, -0.2) is 0 Å². The standard InChI is InChI=1S/C8H19IN/c1-4-5-7(2)8(3)9-6-10/h7-8H,4-6,10H2,1-3H3/q-1. The van der Waals surface area contributed by atoms with Gasteiger partial charge in [0.25, 0.3) is 0 Å². The summed E-state index contributed by atoms with van der Waals surface area (Å²) in [6.07, 6.45) is 2.70. The Morgan fingerprint density at radius 1 is 1.40 bits per heavy atom. The number of hydrogen-bond acceptors (Lipinski definition) is 1. The topological polar surface area (TPSA) is 26.0 Å². The van der Waals surface area contributed by atoms with Gasteiger partial charge < -0.3 is 0 Å². The fraction of sp³-hybridized carbons (Fsp3) is 1.00. The van der Waals surface area contributed by atoms with Gasteiger partial charge in [0, 0.05) is 0 Å². The molecule has 0 heterocycles. The third-order valence-corrected chi connectivity index (χ3v) is 4.99. The molecule has 0 saturated heterocycles. The zero-order valence-corrected chi connectivity index (χ0v) is 9.39. The second kappa shape index (κ2) is 6.40. The molecule has 2 N–H and O–H groups in total. The fourth-order valence-electron chi connectivity index (χ4n) is 0.978. The Bertz CT molecular complexity index is 65.7. The number of halogens is 1. The van der Waals surface area contributed by atoms with E-state index in [1.165, 1.54) is 12.8 Å². The van der Waals surface area contributed by atoms with Gasteiger partial charge in [-0.15, -0.1) is 0 Å². The molecule has 2 atom stereocenters. The average Bonchev–Trinajstić information content (AvgIpc) is 1.89. The molecule has 2 heteroatoms. The molecule has 0 aliphatic heterocycles. The molecule has 0 radical (unpaired) electrons. The molecule has 0 aliphatic carbocycles. The Balaban J connectivity index is 3.38. The van der Waals surface area contributed by atoms with E-state index in [0.29, 0.717) is 21.2 Å². The molecule has 0 amide bonds. The molecule has 0 bridgehead atoms. The first-order valence-corrected chi connectivity index (χ1v) is 6.77. The molecule has 10 heavy (non-hydrogen) atoms. The second-order valence-corrected chi connectivity index (χ2v) is 6.48. The average molecular weight is 256 g/mol. The van der Waals surface area contributed by atoms with Crippen molar-refractivity contribution in [3.05, 3.63) is 0 Å². The van der Waals surface area contributed by atoms with Crippen LogP contribution >= 0.6 is 0 Å². The van der Waals surface area contributed by atoms with E-state index in [-0.39, 0.29) is 0 Å². The predicted molar refractivity (Wildman–Crippen MR) is 42.6 cm³/mol. The summed E-state index contributed by atoms with van der Waals surface area (Å²) in [5.41, 5.74) is 5.51. The molecule has 64 valence electrons. The third kappa shape index (κ3) is 4.50. The van der Waals surface area contributed by atoms with E-state index in [1.807, 2.05) is 0 Å². The fourth-order valence-corrected chi connectivity index (χ4v) is 3.01. The van der Waals surface area contributed by atoms with Crippen LogP contribution in [-0.4, -0.2) is 8.48 Å². The van der Waals surface area contributed by atoms with Crippen molar-refractivity contribution >= 4 is 0 Å². The van der Waals surface area contributed by atoms with E-state index in [2.05, 4.69) is 20.8 Å². The van der Waals surface area contributed by atoms with E-state index in [0.717, 1.165) is 14.4 Å². The van der Waals surface area contributed by atoms with Crippen molar-refractivity contribution in [2.75, 3.05) is 4.55 Å². The molecule has 0 aromatic rings. The van der Waals surface area contributed by atoms with Crippen LogP contribution in [0.5, 0.6) is 0 Å². The summed E-state index contributed by atoms with van der Waals surface area (Å²) in [5.74, 6) is 0.904. The molecule has 0 aliphatic rings. The summed E-state index contributed by atoms with van der Waals surface area (Å²) < 4.78 is 1.87. The Hall–Kier alpha value is 0.690. The van der Waals surface area contributed by atoms with Crippen molar-refractivity contribution in [1.29, 1.82) is 0 Å². The van der Waals surface area contributed by atoms with Gasteiger partial charge >= 0.3 is 74.9 Å². The normalized spacial score (nSPS) is 17.2. The summed E-state index contributed by atoms with van der Waals surface area (Å²) in [5, 5.41) is 0. The van der Waals surface area contributed by atoms with Crippen molar-refractivity contribution in [3.63, 3.8) is 0 Å². The SMILES string of the molecule is CCCC(C)C(C)[I-]CN. The molecule has 1 nitrogen and oxygen atoms in total. The van der Waals surface area contributed by atoms with Crippen LogP contribution in [-0.2, 0) is 0 Å². The van der Waals surface area contributed by atoms with Crippen molar-refractivity contribution in [2.24, 2.45) is 11.7 Å². The van der Waals surface area contributed by atoms with E-state index >= 15 is 0 Å².